The van der Waals surface area contributed by atoms with Crippen molar-refractivity contribution in [1.82, 2.24) is 15.1 Å². The van der Waals surface area contributed by atoms with Crippen LogP contribution in [0.25, 0.3) is 0 Å². The van der Waals surface area contributed by atoms with Crippen LogP contribution in [0, 0.1) is 29.4 Å². The summed E-state index contributed by atoms with van der Waals surface area (Å²) in [5, 5.41) is 2.46. The van der Waals surface area contributed by atoms with Gasteiger partial charge in [0.25, 0.3) is 5.91 Å². The average Bonchev–Trinajstić information content (AvgIpc) is 3.61. The highest BCUT2D eigenvalue weighted by Gasteiger charge is 2.53. The van der Waals surface area contributed by atoms with Crippen molar-refractivity contribution in [3.05, 3.63) is 89.5 Å². The van der Waals surface area contributed by atoms with E-state index in [1.807, 2.05) is 0 Å². The number of carbonyl (C=O) groups excluding carboxylic acids is 2. The molecule has 4 fully saturated rings. The first kappa shape index (κ1) is 39.3. The smallest absolute Gasteiger partial charge is 0.305 e. The molecule has 1 saturated carbocycles. The number of hydrogen-bond donors (Lipinski definition) is 1. The standard InChI is InChI=1S/C42H51F3N4O5S/c1-46-40(51)30-8-3-11-34(21-30)55(52,53)35-13-14-38(37(44)24-35)49-26-41(45,27-49)25-48-19-15-31(16-20-48)42(28-47-17-6-18-47,32-9-5-10-33(43)23-32)36-12-4-7-29(36)22-39(50)54-2/h3,5,8-11,13-14,21,23-24,29,31,36H,4,6-7,12,15-20,22,25-28H2,1-2H3,(H,46,51)/t29-,36+,42+/m1/s1. The molecule has 3 heterocycles. The van der Waals surface area contributed by atoms with Crippen molar-refractivity contribution in [2.75, 3.05) is 71.4 Å². The minimum atomic E-state index is -4.12. The maximum absolute atomic E-state index is 16.3. The van der Waals surface area contributed by atoms with Crippen LogP contribution in [0.15, 0.2) is 76.5 Å². The Labute approximate surface area is 322 Å². The fourth-order valence-corrected chi connectivity index (χ4v) is 11.3. The number of alkyl halides is 1. The third-order valence-electron chi connectivity index (χ3n) is 12.7. The summed E-state index contributed by atoms with van der Waals surface area (Å²) in [5.41, 5.74) is -0.642. The molecule has 3 aromatic carbocycles. The zero-order valence-corrected chi connectivity index (χ0v) is 32.4. The summed E-state index contributed by atoms with van der Waals surface area (Å²) in [6.07, 6.45) is 6.00. The zero-order valence-electron chi connectivity index (χ0n) is 31.6. The Morgan fingerprint density at radius 1 is 0.891 bits per heavy atom. The van der Waals surface area contributed by atoms with Crippen LogP contribution in [-0.2, 0) is 24.8 Å². The van der Waals surface area contributed by atoms with Gasteiger partial charge in [0, 0.05) is 37.5 Å². The molecule has 7 rings (SSSR count). The number of ether oxygens (including phenoxy) is 1. The van der Waals surface area contributed by atoms with Crippen LogP contribution in [0.5, 0.6) is 0 Å². The topological polar surface area (TPSA) is 99.3 Å². The first-order valence-corrected chi connectivity index (χ1v) is 20.9. The number of benzene rings is 3. The summed E-state index contributed by atoms with van der Waals surface area (Å²) in [6.45, 7) is 4.29. The van der Waals surface area contributed by atoms with Gasteiger partial charge in [-0.1, -0.05) is 24.6 Å². The van der Waals surface area contributed by atoms with Crippen molar-refractivity contribution in [1.29, 1.82) is 0 Å². The van der Waals surface area contributed by atoms with Gasteiger partial charge in [0.15, 0.2) is 5.67 Å². The second-order valence-electron chi connectivity index (χ2n) is 16.0. The molecule has 0 radical (unpaired) electrons. The first-order valence-electron chi connectivity index (χ1n) is 19.4. The summed E-state index contributed by atoms with van der Waals surface area (Å²) in [4.78, 5) is 30.5. The highest BCUT2D eigenvalue weighted by Crippen LogP contribution is 2.54. The van der Waals surface area contributed by atoms with Crippen LogP contribution in [0.1, 0.15) is 60.9 Å². The van der Waals surface area contributed by atoms with E-state index in [0.29, 0.717) is 19.5 Å². The molecule has 1 N–H and O–H groups in total. The fraction of sp³-hybridized carbons (Fsp3) is 0.524. The summed E-state index contributed by atoms with van der Waals surface area (Å²) in [7, 11) is -1.24. The van der Waals surface area contributed by atoms with Crippen molar-refractivity contribution in [3.63, 3.8) is 0 Å². The van der Waals surface area contributed by atoms with E-state index in [4.69, 9.17) is 4.74 Å². The lowest BCUT2D eigenvalue weighted by Gasteiger charge is -2.54. The summed E-state index contributed by atoms with van der Waals surface area (Å²) in [5.74, 6) is -1.15. The molecule has 55 heavy (non-hydrogen) atoms. The number of nitrogens with one attached hydrogen (secondary N) is 1. The maximum atomic E-state index is 16.3. The highest BCUT2D eigenvalue weighted by molar-refractivity contribution is 7.91. The molecule has 296 valence electrons. The average molecular weight is 781 g/mol. The Hall–Kier alpha value is -3.94. The van der Waals surface area contributed by atoms with Crippen LogP contribution < -0.4 is 10.2 Å². The second-order valence-corrected chi connectivity index (χ2v) is 18.0. The number of anilines is 1. The van der Waals surface area contributed by atoms with Gasteiger partial charge in [0.05, 0.1) is 35.7 Å². The molecule has 0 aromatic heterocycles. The molecular weight excluding hydrogens is 730 g/mol. The van der Waals surface area contributed by atoms with E-state index in [1.54, 1.807) is 17.0 Å². The van der Waals surface area contributed by atoms with E-state index in [-0.39, 0.29) is 75.6 Å². The number of carbonyl (C=O) groups is 2. The maximum Gasteiger partial charge on any atom is 0.305 e. The molecule has 9 nitrogen and oxygen atoms in total. The largest absolute Gasteiger partial charge is 0.469 e. The molecule has 0 unspecified atom stereocenters. The number of likely N-dealkylation sites (tertiary alicyclic amines) is 2. The Kier molecular flexibility index (Phi) is 11.4. The van der Waals surface area contributed by atoms with Gasteiger partial charge in [-0.05, 0) is 130 Å². The van der Waals surface area contributed by atoms with E-state index < -0.39 is 27.2 Å². The van der Waals surface area contributed by atoms with Crippen LogP contribution >= 0.6 is 0 Å². The monoisotopic (exact) mass is 780 g/mol. The fourth-order valence-electron chi connectivity index (χ4n) is 9.95. The molecule has 4 aliphatic rings. The molecule has 3 atom stereocenters. The Bertz CT molecular complexity index is 2000. The number of piperidine rings is 1. The minimum Gasteiger partial charge on any atom is -0.469 e. The van der Waals surface area contributed by atoms with Crippen LogP contribution in [-0.4, -0.2) is 102 Å². The van der Waals surface area contributed by atoms with Gasteiger partial charge in [-0.15, -0.1) is 0 Å². The number of esters is 1. The number of sulfone groups is 1. The molecule has 0 bridgehead atoms. The molecule has 0 spiro atoms. The summed E-state index contributed by atoms with van der Waals surface area (Å²) in [6, 6.07) is 16.2. The number of nitrogens with zero attached hydrogens (tertiary/aromatic N) is 3. The van der Waals surface area contributed by atoms with Gasteiger partial charge in [-0.25, -0.2) is 21.6 Å². The predicted octanol–water partition coefficient (Wildman–Crippen LogP) is 6.02. The lowest BCUT2D eigenvalue weighted by Crippen LogP contribution is -2.65. The number of amides is 1. The number of halogens is 3. The zero-order chi connectivity index (χ0) is 39.0. The molecule has 13 heteroatoms. The van der Waals surface area contributed by atoms with Crippen molar-refractivity contribution in [2.45, 2.75) is 65.8 Å². The summed E-state index contributed by atoms with van der Waals surface area (Å²) < 4.78 is 78.5. The van der Waals surface area contributed by atoms with Gasteiger partial charge in [-0.2, -0.15) is 0 Å². The summed E-state index contributed by atoms with van der Waals surface area (Å²) >= 11 is 0. The number of rotatable bonds is 13. The molecule has 3 aliphatic heterocycles. The van der Waals surface area contributed by atoms with E-state index in [2.05, 4.69) is 21.2 Å². The van der Waals surface area contributed by atoms with Crippen LogP contribution in [0.3, 0.4) is 0 Å². The van der Waals surface area contributed by atoms with Crippen LogP contribution in [0.4, 0.5) is 18.9 Å². The van der Waals surface area contributed by atoms with Crippen molar-refractivity contribution >= 4 is 27.4 Å². The normalized spacial score (nSPS) is 23.0. The third-order valence-corrected chi connectivity index (χ3v) is 14.5. The van der Waals surface area contributed by atoms with Crippen molar-refractivity contribution < 1.29 is 35.9 Å². The van der Waals surface area contributed by atoms with Gasteiger partial charge in [0.1, 0.15) is 11.6 Å². The van der Waals surface area contributed by atoms with Gasteiger partial charge >= 0.3 is 5.97 Å². The molecular formula is C42H51F3N4O5S. The van der Waals surface area contributed by atoms with Gasteiger partial charge < -0.3 is 19.9 Å². The molecule has 3 saturated heterocycles. The van der Waals surface area contributed by atoms with E-state index in [0.717, 1.165) is 69.8 Å². The number of methoxy groups -OCH3 is 1. The van der Waals surface area contributed by atoms with E-state index in [1.165, 1.54) is 56.6 Å². The lowest BCUT2D eigenvalue weighted by atomic mass is 9.56. The molecule has 1 aliphatic carbocycles. The van der Waals surface area contributed by atoms with Crippen LogP contribution in [0.2, 0.25) is 0 Å². The Balaban J connectivity index is 1.03. The Morgan fingerprint density at radius 3 is 2.27 bits per heavy atom. The molecule has 3 aromatic rings. The predicted molar refractivity (Wildman–Crippen MR) is 203 cm³/mol. The van der Waals surface area contributed by atoms with E-state index >= 15 is 13.2 Å². The third kappa shape index (κ3) is 7.89. The van der Waals surface area contributed by atoms with Crippen molar-refractivity contribution in [3.8, 4) is 0 Å². The number of hydrogen-bond acceptors (Lipinski definition) is 8. The molecule has 1 amide bonds. The SMILES string of the molecule is CNC(=O)c1cccc(S(=O)(=O)c2ccc(N3CC(F)(CN4CCC([C@@](CN5CCC5)(c5cccc(F)c5)[C@H]5CCC[C@@H]5CC(=O)OC)CC4)C3)c(F)c2)c1. The quantitative estimate of drug-likeness (QED) is 0.211. The minimum absolute atomic E-state index is 0.0242. The van der Waals surface area contributed by atoms with Gasteiger partial charge in [0.2, 0.25) is 9.84 Å². The van der Waals surface area contributed by atoms with E-state index in [9.17, 15) is 18.0 Å². The second kappa shape index (κ2) is 15.9. The van der Waals surface area contributed by atoms with Gasteiger partial charge in [-0.3, -0.25) is 14.5 Å². The van der Waals surface area contributed by atoms with Crippen molar-refractivity contribution in [2.24, 2.45) is 17.8 Å². The highest BCUT2D eigenvalue weighted by atomic mass is 32.2. The first-order chi connectivity index (χ1) is 26.3. The lowest BCUT2D eigenvalue weighted by molar-refractivity contribution is -0.142. The Morgan fingerprint density at radius 2 is 1.62 bits per heavy atom.